The zero-order valence-corrected chi connectivity index (χ0v) is 13.3. The molecule has 8 heteroatoms. The van der Waals surface area contributed by atoms with E-state index in [1.165, 1.54) is 0 Å². The second-order valence-electron chi connectivity index (χ2n) is 5.16. The lowest BCUT2D eigenvalue weighted by Crippen LogP contribution is -2.07. The Hall–Kier alpha value is -2.87. The molecule has 24 heavy (non-hydrogen) atoms. The Morgan fingerprint density at radius 3 is 2.67 bits per heavy atom. The molecule has 0 unspecified atom stereocenters. The van der Waals surface area contributed by atoms with Crippen LogP contribution in [0.4, 0.5) is 5.82 Å². The number of benzene rings is 1. The van der Waals surface area contributed by atoms with Gasteiger partial charge in [0.15, 0.2) is 17.0 Å². The third kappa shape index (κ3) is 3.23. The minimum absolute atomic E-state index is 0.0392. The van der Waals surface area contributed by atoms with E-state index in [1.807, 2.05) is 34.9 Å². The number of rotatable bonds is 7. The van der Waals surface area contributed by atoms with Crippen LogP contribution in [0.1, 0.15) is 12.0 Å². The predicted molar refractivity (Wildman–Crippen MR) is 89.0 cm³/mol. The molecular weight excluding hydrogens is 310 g/mol. The molecule has 3 rings (SSSR count). The molecule has 1 aromatic carbocycles. The lowest BCUT2D eigenvalue weighted by molar-refractivity contribution is 0.224. The van der Waals surface area contributed by atoms with E-state index in [-0.39, 0.29) is 18.4 Å². The molecule has 2 heterocycles. The number of anilines is 1. The quantitative estimate of drug-likeness (QED) is 0.627. The third-order valence-corrected chi connectivity index (χ3v) is 3.47. The highest BCUT2D eigenvalue weighted by molar-refractivity contribution is 5.83. The molecule has 0 amide bonds. The molecule has 0 fully saturated rings. The molecular formula is C16H19N5O3. The fraction of sp³-hybridized carbons (Fsp3) is 0.312. The van der Waals surface area contributed by atoms with Crippen molar-refractivity contribution in [3.8, 4) is 12.0 Å². The summed E-state index contributed by atoms with van der Waals surface area (Å²) in [6.45, 7) is 0.885. The van der Waals surface area contributed by atoms with Crippen LogP contribution in [0.3, 0.4) is 0 Å². The summed E-state index contributed by atoms with van der Waals surface area (Å²) in [5.74, 6) is 0.226. The Kier molecular flexibility index (Phi) is 4.76. The van der Waals surface area contributed by atoms with Crippen molar-refractivity contribution in [2.75, 3.05) is 26.1 Å². The number of hydrogen-bond acceptors (Lipinski definition) is 7. The molecule has 3 aromatic rings. The highest BCUT2D eigenvalue weighted by Gasteiger charge is 2.18. The maximum absolute atomic E-state index is 8.84. The summed E-state index contributed by atoms with van der Waals surface area (Å²) < 4.78 is 12.6. The van der Waals surface area contributed by atoms with Gasteiger partial charge in [-0.3, -0.25) is 4.57 Å². The SMILES string of the molecule is COc1nc2c(N)nc(OCCCO)nc2n1Cc1ccccc1. The molecule has 0 aliphatic heterocycles. The van der Waals surface area contributed by atoms with Gasteiger partial charge >= 0.3 is 6.01 Å². The van der Waals surface area contributed by atoms with E-state index < -0.39 is 0 Å². The molecule has 0 aliphatic rings. The molecule has 8 nitrogen and oxygen atoms in total. The average Bonchev–Trinajstić information content (AvgIpc) is 2.94. The number of methoxy groups -OCH3 is 1. The normalized spacial score (nSPS) is 10.9. The molecule has 0 aliphatic carbocycles. The Morgan fingerprint density at radius 2 is 1.96 bits per heavy atom. The Morgan fingerprint density at radius 1 is 1.17 bits per heavy atom. The molecule has 0 atom stereocenters. The van der Waals surface area contributed by atoms with Crippen molar-refractivity contribution in [3.05, 3.63) is 35.9 Å². The summed E-state index contributed by atoms with van der Waals surface area (Å²) in [7, 11) is 1.55. The van der Waals surface area contributed by atoms with E-state index in [2.05, 4.69) is 15.0 Å². The van der Waals surface area contributed by atoms with Crippen molar-refractivity contribution in [1.82, 2.24) is 19.5 Å². The van der Waals surface area contributed by atoms with Gasteiger partial charge in [-0.15, -0.1) is 0 Å². The number of aliphatic hydroxyl groups is 1. The monoisotopic (exact) mass is 329 g/mol. The number of fused-ring (bicyclic) bond motifs is 1. The third-order valence-electron chi connectivity index (χ3n) is 3.47. The van der Waals surface area contributed by atoms with Gasteiger partial charge in [0.1, 0.15) is 0 Å². The van der Waals surface area contributed by atoms with Crippen LogP contribution < -0.4 is 15.2 Å². The first kappa shape index (κ1) is 16.0. The minimum atomic E-state index is 0.0392. The molecule has 0 radical (unpaired) electrons. The number of hydrogen-bond donors (Lipinski definition) is 2. The highest BCUT2D eigenvalue weighted by Crippen LogP contribution is 2.26. The van der Waals surface area contributed by atoms with Crippen LogP contribution in [0.25, 0.3) is 11.2 Å². The molecule has 126 valence electrons. The summed E-state index contributed by atoms with van der Waals surface area (Å²) in [6.07, 6.45) is 0.494. The van der Waals surface area contributed by atoms with Crippen LogP contribution in [0.15, 0.2) is 30.3 Å². The Labute approximate surface area is 138 Å². The standard InChI is InChI=1S/C16H19N5O3/c1-23-16-18-12-13(17)19-15(24-9-5-8-22)20-14(12)21(16)10-11-6-3-2-4-7-11/h2-4,6-7,22H,5,8-10H2,1H3,(H2,17,19,20). The number of aliphatic hydroxyl groups excluding tert-OH is 1. The number of nitrogens with zero attached hydrogens (tertiary/aromatic N) is 4. The van der Waals surface area contributed by atoms with Crippen molar-refractivity contribution in [3.63, 3.8) is 0 Å². The van der Waals surface area contributed by atoms with Crippen LogP contribution in [0, 0.1) is 0 Å². The van der Waals surface area contributed by atoms with Crippen molar-refractivity contribution in [2.45, 2.75) is 13.0 Å². The number of imidazole rings is 1. The van der Waals surface area contributed by atoms with Crippen LogP contribution in [0.2, 0.25) is 0 Å². The number of aromatic nitrogens is 4. The first-order valence-corrected chi connectivity index (χ1v) is 7.58. The van der Waals surface area contributed by atoms with E-state index in [4.69, 9.17) is 20.3 Å². The van der Waals surface area contributed by atoms with Gasteiger partial charge in [0.2, 0.25) is 0 Å². The van der Waals surface area contributed by atoms with E-state index >= 15 is 0 Å². The van der Waals surface area contributed by atoms with Gasteiger partial charge in [0.25, 0.3) is 6.01 Å². The smallest absolute Gasteiger partial charge is 0.320 e. The second-order valence-corrected chi connectivity index (χ2v) is 5.16. The van der Waals surface area contributed by atoms with Crippen LogP contribution in [-0.4, -0.2) is 44.9 Å². The molecule has 0 spiro atoms. The van der Waals surface area contributed by atoms with Crippen molar-refractivity contribution >= 4 is 17.0 Å². The minimum Gasteiger partial charge on any atom is -0.468 e. The lowest BCUT2D eigenvalue weighted by Gasteiger charge is -2.08. The fourth-order valence-corrected chi connectivity index (χ4v) is 2.34. The summed E-state index contributed by atoms with van der Waals surface area (Å²) in [5.41, 5.74) is 8.07. The van der Waals surface area contributed by atoms with E-state index in [1.54, 1.807) is 7.11 Å². The van der Waals surface area contributed by atoms with Crippen LogP contribution >= 0.6 is 0 Å². The number of nitrogen functional groups attached to an aromatic ring is 1. The molecule has 0 saturated heterocycles. The maximum atomic E-state index is 8.84. The van der Waals surface area contributed by atoms with E-state index in [9.17, 15) is 0 Å². The zero-order valence-electron chi connectivity index (χ0n) is 13.3. The first-order chi connectivity index (χ1) is 11.7. The second kappa shape index (κ2) is 7.14. The summed E-state index contributed by atoms with van der Waals surface area (Å²) in [6, 6.07) is 10.5. The number of nitrogens with two attached hydrogens (primary N) is 1. The van der Waals surface area contributed by atoms with Crippen LogP contribution in [0.5, 0.6) is 12.0 Å². The molecule has 0 saturated carbocycles. The molecule has 0 bridgehead atoms. The summed E-state index contributed by atoms with van der Waals surface area (Å²) >= 11 is 0. The zero-order chi connectivity index (χ0) is 16.9. The van der Waals surface area contributed by atoms with E-state index in [0.717, 1.165) is 5.56 Å². The van der Waals surface area contributed by atoms with Gasteiger partial charge in [-0.2, -0.15) is 15.0 Å². The molecule has 2 aromatic heterocycles. The van der Waals surface area contributed by atoms with Crippen molar-refractivity contribution < 1.29 is 14.6 Å². The van der Waals surface area contributed by atoms with Gasteiger partial charge in [-0.1, -0.05) is 30.3 Å². The topological polar surface area (TPSA) is 108 Å². The Bertz CT molecular complexity index is 819. The van der Waals surface area contributed by atoms with Gasteiger partial charge < -0.3 is 20.3 Å². The summed E-state index contributed by atoms with van der Waals surface area (Å²) in [5, 5.41) is 8.84. The van der Waals surface area contributed by atoms with Gasteiger partial charge in [-0.25, -0.2) is 0 Å². The van der Waals surface area contributed by atoms with Crippen molar-refractivity contribution in [2.24, 2.45) is 0 Å². The fourth-order valence-electron chi connectivity index (χ4n) is 2.34. The first-order valence-electron chi connectivity index (χ1n) is 7.58. The number of ether oxygens (including phenoxy) is 2. The lowest BCUT2D eigenvalue weighted by atomic mass is 10.2. The van der Waals surface area contributed by atoms with Crippen molar-refractivity contribution in [1.29, 1.82) is 0 Å². The van der Waals surface area contributed by atoms with Gasteiger partial charge in [0, 0.05) is 13.0 Å². The summed E-state index contributed by atoms with van der Waals surface area (Å²) in [4.78, 5) is 12.9. The highest BCUT2D eigenvalue weighted by atomic mass is 16.5. The van der Waals surface area contributed by atoms with Gasteiger partial charge in [0.05, 0.1) is 20.3 Å². The van der Waals surface area contributed by atoms with E-state index in [0.29, 0.717) is 36.7 Å². The predicted octanol–water partition coefficient (Wildman–Crippen LogP) is 1.23. The van der Waals surface area contributed by atoms with Gasteiger partial charge in [-0.05, 0) is 5.56 Å². The van der Waals surface area contributed by atoms with Crippen LogP contribution in [-0.2, 0) is 6.54 Å². The average molecular weight is 329 g/mol. The maximum Gasteiger partial charge on any atom is 0.320 e. The Balaban J connectivity index is 2.01. The largest absolute Gasteiger partial charge is 0.468 e. The molecule has 3 N–H and O–H groups in total.